The summed E-state index contributed by atoms with van der Waals surface area (Å²) >= 11 is 0. The van der Waals surface area contributed by atoms with Gasteiger partial charge in [0.25, 0.3) is 0 Å². The topological polar surface area (TPSA) is 91.7 Å². The van der Waals surface area contributed by atoms with E-state index in [-0.39, 0.29) is 19.6 Å². The maximum atomic E-state index is 12.1. The average Bonchev–Trinajstić information content (AvgIpc) is 2.65. The van der Waals surface area contributed by atoms with Crippen molar-refractivity contribution in [3.05, 3.63) is 12.7 Å². The number of hydroxylamine groups is 2. The Labute approximate surface area is 109 Å². The maximum absolute atomic E-state index is 12.1. The summed E-state index contributed by atoms with van der Waals surface area (Å²) < 4.78 is 0. The van der Waals surface area contributed by atoms with E-state index in [0.717, 1.165) is 5.06 Å². The highest BCUT2D eigenvalue weighted by molar-refractivity contribution is 6.01. The highest BCUT2D eigenvalue weighted by atomic mass is 16.7. The third-order valence-corrected chi connectivity index (χ3v) is 3.08. The molecule has 19 heavy (non-hydrogen) atoms. The van der Waals surface area contributed by atoms with Crippen molar-refractivity contribution in [1.29, 1.82) is 0 Å². The van der Waals surface area contributed by atoms with Gasteiger partial charge in [-0.15, -0.1) is 6.58 Å². The summed E-state index contributed by atoms with van der Waals surface area (Å²) in [6.45, 7) is 3.90. The van der Waals surface area contributed by atoms with Gasteiger partial charge in [-0.2, -0.15) is 5.06 Å². The number of fused-ring (bicyclic) bond motifs is 2. The predicted octanol–water partition coefficient (Wildman–Crippen LogP) is 0.0695. The number of hydrogen-bond acceptors (Lipinski definition) is 5. The van der Waals surface area contributed by atoms with Crippen LogP contribution < -0.4 is 0 Å². The Balaban J connectivity index is 2.27. The molecule has 2 heterocycles. The van der Waals surface area contributed by atoms with E-state index < -0.39 is 24.1 Å². The van der Waals surface area contributed by atoms with Crippen LogP contribution in [-0.2, 0) is 14.5 Å². The summed E-state index contributed by atoms with van der Waals surface area (Å²) in [6.07, 6.45) is 1.64. The molecule has 2 amide bonds. The first-order valence-electron chi connectivity index (χ1n) is 5.76. The SMILES string of the molecule is C=CCON1C(=O)N2C[C@H]1C(=NOC)C[C@H]2C(=O)O. The van der Waals surface area contributed by atoms with Gasteiger partial charge in [0.1, 0.15) is 19.2 Å². The third-order valence-electron chi connectivity index (χ3n) is 3.08. The number of urea groups is 1. The van der Waals surface area contributed by atoms with Crippen molar-refractivity contribution in [3.63, 3.8) is 0 Å². The normalized spacial score (nSPS) is 27.8. The van der Waals surface area contributed by atoms with Crippen LogP contribution in [-0.4, -0.2) is 65.1 Å². The first kappa shape index (κ1) is 13.3. The lowest BCUT2D eigenvalue weighted by molar-refractivity contribution is -0.142. The number of rotatable bonds is 5. The number of piperidine rings is 1. The molecule has 0 aromatic rings. The molecule has 0 aliphatic carbocycles. The molecule has 2 fully saturated rings. The second kappa shape index (κ2) is 5.27. The van der Waals surface area contributed by atoms with E-state index in [1.54, 1.807) is 0 Å². The largest absolute Gasteiger partial charge is 0.480 e. The Morgan fingerprint density at radius 3 is 3.00 bits per heavy atom. The van der Waals surface area contributed by atoms with Crippen LogP contribution in [0, 0.1) is 0 Å². The van der Waals surface area contributed by atoms with Crippen LogP contribution in [0.15, 0.2) is 17.8 Å². The van der Waals surface area contributed by atoms with Gasteiger partial charge < -0.3 is 14.8 Å². The van der Waals surface area contributed by atoms with Crippen LogP contribution in [0.1, 0.15) is 6.42 Å². The number of carboxylic acids is 1. The molecule has 0 saturated carbocycles. The lowest BCUT2D eigenvalue weighted by Crippen LogP contribution is -2.48. The molecule has 104 valence electrons. The van der Waals surface area contributed by atoms with E-state index in [9.17, 15) is 9.59 Å². The molecule has 8 nitrogen and oxygen atoms in total. The standard InChI is InChI=1S/C11H15N3O5/c1-3-4-19-14-9-6-13(11(14)17)8(10(15)16)5-7(9)12-18-2/h3,8-9H,1,4-6H2,2H3,(H,15,16)/t8-,9-/m0/s1. The highest BCUT2D eigenvalue weighted by Crippen LogP contribution is 2.28. The monoisotopic (exact) mass is 269 g/mol. The summed E-state index contributed by atoms with van der Waals surface area (Å²) in [5, 5.41) is 14.1. The van der Waals surface area contributed by atoms with Gasteiger partial charge in [-0.05, 0) is 0 Å². The number of carboxylic acid groups (broad SMARTS) is 1. The Morgan fingerprint density at radius 2 is 2.42 bits per heavy atom. The Morgan fingerprint density at radius 1 is 1.68 bits per heavy atom. The molecule has 2 aliphatic rings. The highest BCUT2D eigenvalue weighted by Gasteiger charge is 2.51. The fourth-order valence-corrected chi connectivity index (χ4v) is 2.26. The van der Waals surface area contributed by atoms with Crippen LogP contribution in [0.25, 0.3) is 0 Å². The van der Waals surface area contributed by atoms with Crippen molar-refractivity contribution >= 4 is 17.7 Å². The number of amides is 2. The van der Waals surface area contributed by atoms with E-state index in [1.807, 2.05) is 0 Å². The first-order valence-corrected chi connectivity index (χ1v) is 5.76. The number of nitrogens with zero attached hydrogens (tertiary/aromatic N) is 3. The van der Waals surface area contributed by atoms with Crippen LogP contribution in [0.3, 0.4) is 0 Å². The fraction of sp³-hybridized carbons (Fsp3) is 0.545. The van der Waals surface area contributed by atoms with Gasteiger partial charge in [-0.3, -0.25) is 4.84 Å². The molecular formula is C11H15N3O5. The molecular weight excluding hydrogens is 254 g/mol. The van der Waals surface area contributed by atoms with E-state index in [0.29, 0.717) is 5.71 Å². The molecule has 2 aliphatic heterocycles. The van der Waals surface area contributed by atoms with Crippen molar-refractivity contribution in [2.24, 2.45) is 5.16 Å². The smallest absolute Gasteiger partial charge is 0.345 e. The summed E-state index contributed by atoms with van der Waals surface area (Å²) in [7, 11) is 1.38. The molecule has 2 rings (SSSR count). The van der Waals surface area contributed by atoms with Crippen molar-refractivity contribution in [2.45, 2.75) is 18.5 Å². The summed E-state index contributed by atoms with van der Waals surface area (Å²) in [4.78, 5) is 34.5. The molecule has 2 bridgehead atoms. The minimum absolute atomic E-state index is 0.132. The zero-order chi connectivity index (χ0) is 14.0. The molecule has 0 unspecified atom stereocenters. The van der Waals surface area contributed by atoms with Crippen molar-refractivity contribution in [1.82, 2.24) is 9.96 Å². The average molecular weight is 269 g/mol. The van der Waals surface area contributed by atoms with Crippen molar-refractivity contribution in [2.75, 3.05) is 20.3 Å². The number of carbonyl (C=O) groups excluding carboxylic acids is 1. The molecule has 2 saturated heterocycles. The predicted molar refractivity (Wildman–Crippen MR) is 64.4 cm³/mol. The number of carbonyl (C=O) groups is 2. The first-order chi connectivity index (χ1) is 9.10. The van der Waals surface area contributed by atoms with Gasteiger partial charge in [0.2, 0.25) is 0 Å². The minimum atomic E-state index is -1.07. The van der Waals surface area contributed by atoms with Gasteiger partial charge in [0.05, 0.1) is 18.9 Å². The quantitative estimate of drug-likeness (QED) is 0.563. The van der Waals surface area contributed by atoms with Crippen LogP contribution >= 0.6 is 0 Å². The van der Waals surface area contributed by atoms with Crippen LogP contribution in [0.5, 0.6) is 0 Å². The third kappa shape index (κ3) is 2.26. The van der Waals surface area contributed by atoms with Gasteiger partial charge >= 0.3 is 12.0 Å². The number of aliphatic carboxylic acids is 1. The van der Waals surface area contributed by atoms with Gasteiger partial charge in [0, 0.05) is 6.42 Å². The minimum Gasteiger partial charge on any atom is -0.480 e. The number of hydrogen-bond donors (Lipinski definition) is 1. The van der Waals surface area contributed by atoms with Crippen LogP contribution in [0.2, 0.25) is 0 Å². The Kier molecular flexibility index (Phi) is 3.70. The molecule has 0 radical (unpaired) electrons. The molecule has 2 atom stereocenters. The second-order valence-electron chi connectivity index (χ2n) is 4.18. The number of oxime groups is 1. The summed E-state index contributed by atoms with van der Waals surface area (Å²) in [5.74, 6) is -1.07. The van der Waals surface area contributed by atoms with Gasteiger partial charge in [-0.1, -0.05) is 11.2 Å². The lowest BCUT2D eigenvalue weighted by Gasteiger charge is -2.27. The fourth-order valence-electron chi connectivity index (χ4n) is 2.26. The van der Waals surface area contributed by atoms with Crippen molar-refractivity contribution < 1.29 is 24.4 Å². The Bertz CT molecular complexity index is 436. The van der Waals surface area contributed by atoms with E-state index in [4.69, 9.17) is 14.8 Å². The zero-order valence-electron chi connectivity index (χ0n) is 10.5. The lowest BCUT2D eigenvalue weighted by atomic mass is 9.99. The summed E-state index contributed by atoms with van der Waals surface area (Å²) in [5.41, 5.74) is 0.487. The molecule has 8 heteroatoms. The van der Waals surface area contributed by atoms with E-state index in [2.05, 4.69) is 11.7 Å². The van der Waals surface area contributed by atoms with E-state index in [1.165, 1.54) is 18.1 Å². The van der Waals surface area contributed by atoms with Gasteiger partial charge in [-0.25, -0.2) is 9.59 Å². The Hall–Kier alpha value is -2.09. The molecule has 0 spiro atoms. The molecule has 0 aromatic heterocycles. The maximum Gasteiger partial charge on any atom is 0.345 e. The van der Waals surface area contributed by atoms with Gasteiger partial charge in [0.15, 0.2) is 0 Å². The molecule has 0 aromatic carbocycles. The second-order valence-corrected chi connectivity index (χ2v) is 4.18. The van der Waals surface area contributed by atoms with Crippen LogP contribution in [0.4, 0.5) is 4.79 Å². The van der Waals surface area contributed by atoms with Crippen molar-refractivity contribution in [3.8, 4) is 0 Å². The zero-order valence-corrected chi connectivity index (χ0v) is 10.5. The molecule has 1 N–H and O–H groups in total. The summed E-state index contributed by atoms with van der Waals surface area (Å²) in [6, 6.07) is -1.82. The van der Waals surface area contributed by atoms with E-state index >= 15 is 0 Å².